The molecule has 0 aromatic rings. The van der Waals surface area contributed by atoms with Crippen molar-refractivity contribution < 1.29 is 37.2 Å². The molecule has 0 aliphatic heterocycles. The molecule has 0 atom stereocenters. The minimum Gasteiger partial charge on any atom is -0.870 e. The van der Waals surface area contributed by atoms with E-state index < -0.39 is 0 Å². The third-order valence-corrected chi connectivity index (χ3v) is 2.71. The van der Waals surface area contributed by atoms with Gasteiger partial charge in [0.05, 0.1) is 0 Å². The molecular formula is C16H36O2Zr. The minimum atomic E-state index is 0. The third-order valence-electron chi connectivity index (χ3n) is 2.71. The van der Waals surface area contributed by atoms with Crippen LogP contribution in [0.15, 0.2) is 0 Å². The SMILES string of the molecule is [CH2-]CCCCCCC.[CH2-]CCCCCCC.[OH-].[OH-].[Zr+4]. The van der Waals surface area contributed by atoms with Crippen molar-refractivity contribution in [3.8, 4) is 0 Å². The van der Waals surface area contributed by atoms with E-state index in [1.807, 2.05) is 0 Å². The number of hydrogen-bond donors (Lipinski definition) is 0. The Hall–Kier alpha value is 0.803. The van der Waals surface area contributed by atoms with Gasteiger partial charge in [0.2, 0.25) is 0 Å². The van der Waals surface area contributed by atoms with Gasteiger partial charge in [-0.3, -0.25) is 0 Å². The molecule has 0 aromatic heterocycles. The van der Waals surface area contributed by atoms with Gasteiger partial charge in [0.1, 0.15) is 0 Å². The number of rotatable bonds is 10. The summed E-state index contributed by atoms with van der Waals surface area (Å²) in [5.41, 5.74) is 0. The zero-order valence-corrected chi connectivity index (χ0v) is 15.8. The van der Waals surface area contributed by atoms with Crippen LogP contribution in [-0.4, -0.2) is 11.0 Å². The van der Waals surface area contributed by atoms with Crippen molar-refractivity contribution >= 4 is 0 Å². The number of unbranched alkanes of at least 4 members (excludes halogenated alkanes) is 10. The second kappa shape index (κ2) is 36.4. The predicted molar refractivity (Wildman–Crippen MR) is 81.3 cm³/mol. The summed E-state index contributed by atoms with van der Waals surface area (Å²) in [5, 5.41) is 0. The molecule has 0 fully saturated rings. The third kappa shape index (κ3) is 45.5. The molecule has 0 saturated carbocycles. The van der Waals surface area contributed by atoms with Crippen LogP contribution in [0.3, 0.4) is 0 Å². The Morgan fingerprint density at radius 3 is 1.00 bits per heavy atom. The summed E-state index contributed by atoms with van der Waals surface area (Å²) in [5.74, 6) is 0. The molecule has 0 rings (SSSR count). The van der Waals surface area contributed by atoms with E-state index >= 15 is 0 Å². The van der Waals surface area contributed by atoms with Crippen molar-refractivity contribution in [3.63, 3.8) is 0 Å². The summed E-state index contributed by atoms with van der Waals surface area (Å²) < 4.78 is 0. The molecule has 0 saturated heterocycles. The maximum atomic E-state index is 3.78. The molecule has 0 heterocycles. The summed E-state index contributed by atoms with van der Waals surface area (Å²) in [7, 11) is 0. The fourth-order valence-corrected chi connectivity index (χ4v) is 1.56. The topological polar surface area (TPSA) is 60.0 Å². The van der Waals surface area contributed by atoms with Gasteiger partial charge in [0.15, 0.2) is 0 Å². The van der Waals surface area contributed by atoms with Crippen LogP contribution in [-0.2, 0) is 26.2 Å². The Bertz CT molecular complexity index is 76.7. The van der Waals surface area contributed by atoms with Crippen LogP contribution in [0.4, 0.5) is 0 Å². The zero-order valence-electron chi connectivity index (χ0n) is 13.3. The van der Waals surface area contributed by atoms with E-state index in [1.54, 1.807) is 0 Å². The van der Waals surface area contributed by atoms with Gasteiger partial charge in [0, 0.05) is 0 Å². The molecule has 19 heavy (non-hydrogen) atoms. The van der Waals surface area contributed by atoms with Crippen molar-refractivity contribution in [2.75, 3.05) is 0 Å². The van der Waals surface area contributed by atoms with E-state index in [1.165, 1.54) is 64.2 Å². The second-order valence-electron chi connectivity index (χ2n) is 4.54. The first kappa shape index (κ1) is 32.0. The van der Waals surface area contributed by atoms with Crippen molar-refractivity contribution in [2.24, 2.45) is 0 Å². The van der Waals surface area contributed by atoms with Crippen molar-refractivity contribution in [1.29, 1.82) is 0 Å². The van der Waals surface area contributed by atoms with Gasteiger partial charge in [-0.15, -0.1) is 0 Å². The van der Waals surface area contributed by atoms with Crippen LogP contribution >= 0.6 is 0 Å². The van der Waals surface area contributed by atoms with Crippen LogP contribution in [0.2, 0.25) is 0 Å². The van der Waals surface area contributed by atoms with E-state index in [4.69, 9.17) is 0 Å². The molecule has 0 radical (unpaired) electrons. The first-order valence-electron chi connectivity index (χ1n) is 7.41. The number of hydrogen-bond acceptors (Lipinski definition) is 2. The molecule has 2 nitrogen and oxygen atoms in total. The summed E-state index contributed by atoms with van der Waals surface area (Å²) in [6.07, 6.45) is 16.0. The van der Waals surface area contributed by atoms with Crippen molar-refractivity contribution in [2.45, 2.75) is 90.9 Å². The minimum absolute atomic E-state index is 0. The summed E-state index contributed by atoms with van der Waals surface area (Å²) in [4.78, 5) is 0. The largest absolute Gasteiger partial charge is 4.00 e. The Morgan fingerprint density at radius 1 is 0.526 bits per heavy atom. The van der Waals surface area contributed by atoms with Crippen LogP contribution in [0.1, 0.15) is 90.9 Å². The van der Waals surface area contributed by atoms with E-state index in [0.29, 0.717) is 0 Å². The van der Waals surface area contributed by atoms with Gasteiger partial charge in [0.25, 0.3) is 0 Å². The van der Waals surface area contributed by atoms with E-state index in [2.05, 4.69) is 27.7 Å². The molecule has 0 aromatic carbocycles. The van der Waals surface area contributed by atoms with Gasteiger partial charge in [-0.1, -0.05) is 78.1 Å². The van der Waals surface area contributed by atoms with Crippen molar-refractivity contribution in [1.82, 2.24) is 0 Å². The predicted octanol–water partition coefficient (Wildman–Crippen LogP) is 6.01. The van der Waals surface area contributed by atoms with Gasteiger partial charge in [-0.25, -0.2) is 0 Å². The second-order valence-corrected chi connectivity index (χ2v) is 4.54. The van der Waals surface area contributed by atoms with E-state index in [9.17, 15) is 0 Å². The summed E-state index contributed by atoms with van der Waals surface area (Å²) in [6, 6.07) is 0. The average Bonchev–Trinajstić information content (AvgIpc) is 2.31. The monoisotopic (exact) mass is 350 g/mol. The van der Waals surface area contributed by atoms with E-state index in [0.717, 1.165) is 12.8 Å². The van der Waals surface area contributed by atoms with Gasteiger partial charge >= 0.3 is 26.2 Å². The van der Waals surface area contributed by atoms with E-state index in [-0.39, 0.29) is 37.2 Å². The Labute approximate surface area is 141 Å². The Kier molecular flexibility index (Phi) is 61.1. The molecule has 0 spiro atoms. The smallest absolute Gasteiger partial charge is 0.870 e. The first-order chi connectivity index (χ1) is 7.83. The Morgan fingerprint density at radius 2 is 0.789 bits per heavy atom. The van der Waals surface area contributed by atoms with Crippen molar-refractivity contribution in [3.05, 3.63) is 13.8 Å². The molecule has 116 valence electrons. The maximum absolute atomic E-state index is 3.78. The first-order valence-corrected chi connectivity index (χ1v) is 7.41. The van der Waals surface area contributed by atoms with Gasteiger partial charge in [-0.2, -0.15) is 12.8 Å². The standard InChI is InChI=1S/2C8H17.2H2O.Zr/c2*1-3-5-7-8-6-4-2;;;/h2*1,3-8H2,2H3;2*1H2;/q2*-1;;;+4/p-2. The van der Waals surface area contributed by atoms with Gasteiger partial charge in [-0.05, 0) is 0 Å². The molecule has 0 amide bonds. The van der Waals surface area contributed by atoms with Crippen LogP contribution in [0.5, 0.6) is 0 Å². The fraction of sp³-hybridized carbons (Fsp3) is 0.875. The molecule has 0 aliphatic rings. The Balaban J connectivity index is -0.0000000594. The molecular weight excluding hydrogens is 315 g/mol. The van der Waals surface area contributed by atoms with Crippen LogP contribution in [0.25, 0.3) is 0 Å². The quantitative estimate of drug-likeness (QED) is 0.357. The average molecular weight is 352 g/mol. The fourth-order valence-electron chi connectivity index (χ4n) is 1.56. The van der Waals surface area contributed by atoms with Gasteiger partial charge < -0.3 is 24.8 Å². The van der Waals surface area contributed by atoms with Crippen LogP contribution in [0, 0.1) is 13.8 Å². The molecule has 3 heteroatoms. The maximum Gasteiger partial charge on any atom is 4.00 e. The normalized spacial score (nSPS) is 8.21. The molecule has 0 unspecified atom stereocenters. The zero-order chi connectivity index (χ0) is 12.5. The molecule has 0 aliphatic carbocycles. The van der Waals surface area contributed by atoms with Crippen LogP contribution < -0.4 is 0 Å². The summed E-state index contributed by atoms with van der Waals surface area (Å²) >= 11 is 0. The molecule has 2 N–H and O–H groups in total. The summed E-state index contributed by atoms with van der Waals surface area (Å²) in [6.45, 7) is 12.0. The molecule has 0 bridgehead atoms.